The molecule has 5 nitrogen and oxygen atoms in total. The van der Waals surface area contributed by atoms with E-state index in [0.29, 0.717) is 5.92 Å². The standard InChI is InChI=1S/C23H36N2O3/c1-6-25-12-11-17-13-19(27-4)20(28-5)14-18(17)22(25)21(15(2)3)24-23(26)16-9-7-8-10-16/h13-16,21-22H,6-12H2,1-5H3,(H,24,26)/p+1/t21-,22-/m1/s1. The number of carbonyl (C=O) groups is 1. The van der Waals surface area contributed by atoms with Gasteiger partial charge in [0.25, 0.3) is 0 Å². The van der Waals surface area contributed by atoms with Gasteiger partial charge in [0.1, 0.15) is 6.04 Å². The van der Waals surface area contributed by atoms with Crippen LogP contribution in [0.4, 0.5) is 0 Å². The molecule has 3 rings (SSSR count). The lowest BCUT2D eigenvalue weighted by Gasteiger charge is -2.40. The molecule has 1 aromatic rings. The third kappa shape index (κ3) is 4.14. The molecule has 156 valence electrons. The Morgan fingerprint density at radius 3 is 2.39 bits per heavy atom. The summed E-state index contributed by atoms with van der Waals surface area (Å²) < 4.78 is 11.1. The SMILES string of the molecule is CC[NH+]1CCc2cc(OC)c(OC)cc2[C@@H]1[C@H](NC(=O)C1CCCC1)C(C)C. The van der Waals surface area contributed by atoms with Crippen molar-refractivity contribution in [1.29, 1.82) is 0 Å². The van der Waals surface area contributed by atoms with Crippen LogP contribution in [-0.2, 0) is 11.2 Å². The van der Waals surface area contributed by atoms with E-state index in [1.165, 1.54) is 28.9 Å². The van der Waals surface area contributed by atoms with Crippen LogP contribution in [0, 0.1) is 11.8 Å². The summed E-state index contributed by atoms with van der Waals surface area (Å²) in [5.74, 6) is 2.36. The van der Waals surface area contributed by atoms with Gasteiger partial charge in [-0.1, -0.05) is 26.7 Å². The Morgan fingerprint density at radius 1 is 1.18 bits per heavy atom. The van der Waals surface area contributed by atoms with Gasteiger partial charge < -0.3 is 19.7 Å². The Kier molecular flexibility index (Phi) is 6.86. The van der Waals surface area contributed by atoms with Crippen molar-refractivity contribution in [1.82, 2.24) is 5.32 Å². The predicted molar refractivity (Wildman–Crippen MR) is 111 cm³/mol. The fraction of sp³-hybridized carbons (Fsp3) is 0.696. The van der Waals surface area contributed by atoms with Crippen molar-refractivity contribution in [3.63, 3.8) is 0 Å². The zero-order chi connectivity index (χ0) is 20.3. The molecule has 0 radical (unpaired) electrons. The van der Waals surface area contributed by atoms with Gasteiger partial charge in [0.05, 0.1) is 33.4 Å². The molecule has 0 bridgehead atoms. The normalized spacial score (nSPS) is 23.4. The van der Waals surface area contributed by atoms with E-state index < -0.39 is 0 Å². The number of rotatable bonds is 7. The number of likely N-dealkylation sites (N-methyl/N-ethyl adjacent to an activating group) is 1. The second-order valence-corrected chi connectivity index (χ2v) is 8.66. The highest BCUT2D eigenvalue weighted by atomic mass is 16.5. The van der Waals surface area contributed by atoms with Crippen LogP contribution in [0.1, 0.15) is 63.6 Å². The topological polar surface area (TPSA) is 52.0 Å². The molecule has 1 heterocycles. The van der Waals surface area contributed by atoms with Crippen LogP contribution in [0.25, 0.3) is 0 Å². The lowest BCUT2D eigenvalue weighted by atomic mass is 9.83. The molecule has 0 spiro atoms. The summed E-state index contributed by atoms with van der Waals surface area (Å²) in [5.41, 5.74) is 2.62. The van der Waals surface area contributed by atoms with Gasteiger partial charge >= 0.3 is 0 Å². The van der Waals surface area contributed by atoms with E-state index >= 15 is 0 Å². The van der Waals surface area contributed by atoms with Crippen molar-refractivity contribution in [2.75, 3.05) is 27.3 Å². The highest BCUT2D eigenvalue weighted by Gasteiger charge is 2.40. The Bertz CT molecular complexity index is 683. The van der Waals surface area contributed by atoms with Crippen LogP contribution >= 0.6 is 0 Å². The van der Waals surface area contributed by atoms with Crippen molar-refractivity contribution in [3.8, 4) is 11.5 Å². The number of quaternary nitrogens is 1. The largest absolute Gasteiger partial charge is 0.493 e. The van der Waals surface area contributed by atoms with E-state index in [2.05, 4.69) is 38.2 Å². The van der Waals surface area contributed by atoms with E-state index in [-0.39, 0.29) is 23.9 Å². The Morgan fingerprint density at radius 2 is 1.82 bits per heavy atom. The van der Waals surface area contributed by atoms with Crippen LogP contribution < -0.4 is 19.7 Å². The summed E-state index contributed by atoms with van der Waals surface area (Å²) in [6, 6.07) is 4.62. The Labute approximate surface area is 169 Å². The number of hydrogen-bond donors (Lipinski definition) is 2. The Hall–Kier alpha value is -1.75. The molecule has 1 unspecified atom stereocenters. The fourth-order valence-electron chi connectivity index (χ4n) is 5.06. The number of ether oxygens (including phenoxy) is 2. The lowest BCUT2D eigenvalue weighted by Crippen LogP contribution is -3.14. The molecule has 1 saturated carbocycles. The van der Waals surface area contributed by atoms with E-state index in [4.69, 9.17) is 9.47 Å². The molecular formula is C23H37N2O3+. The second kappa shape index (κ2) is 9.17. The van der Waals surface area contributed by atoms with Crippen molar-refractivity contribution in [3.05, 3.63) is 23.3 Å². The number of fused-ring (bicyclic) bond motifs is 1. The predicted octanol–water partition coefficient (Wildman–Crippen LogP) is 2.54. The van der Waals surface area contributed by atoms with E-state index in [9.17, 15) is 4.79 Å². The molecule has 2 N–H and O–H groups in total. The maximum Gasteiger partial charge on any atom is 0.223 e. The maximum atomic E-state index is 13.0. The molecule has 5 heteroatoms. The molecule has 1 aromatic carbocycles. The van der Waals surface area contributed by atoms with Gasteiger partial charge in [0.2, 0.25) is 5.91 Å². The first-order valence-corrected chi connectivity index (χ1v) is 10.9. The van der Waals surface area contributed by atoms with Gasteiger partial charge in [-0.2, -0.15) is 0 Å². The first-order valence-electron chi connectivity index (χ1n) is 10.9. The van der Waals surface area contributed by atoms with Crippen LogP contribution in [0.3, 0.4) is 0 Å². The summed E-state index contributed by atoms with van der Waals surface area (Å²) in [4.78, 5) is 14.5. The number of methoxy groups -OCH3 is 2. The number of hydrogen-bond acceptors (Lipinski definition) is 3. The van der Waals surface area contributed by atoms with Gasteiger partial charge in [-0.15, -0.1) is 0 Å². The maximum absolute atomic E-state index is 13.0. The first-order chi connectivity index (χ1) is 13.5. The number of carbonyl (C=O) groups excluding carboxylic acids is 1. The molecule has 1 fully saturated rings. The van der Waals surface area contributed by atoms with Crippen molar-refractivity contribution >= 4 is 5.91 Å². The number of nitrogens with one attached hydrogen (secondary N) is 2. The summed E-state index contributed by atoms with van der Waals surface area (Å²) in [6.07, 6.45) is 5.46. The van der Waals surface area contributed by atoms with Gasteiger partial charge in [0, 0.05) is 17.9 Å². The van der Waals surface area contributed by atoms with E-state index in [0.717, 1.165) is 43.9 Å². The van der Waals surface area contributed by atoms with Gasteiger partial charge in [0.15, 0.2) is 11.5 Å². The zero-order valence-corrected chi connectivity index (χ0v) is 18.1. The van der Waals surface area contributed by atoms with Gasteiger partial charge in [-0.05, 0) is 43.4 Å². The van der Waals surface area contributed by atoms with Crippen LogP contribution in [0.2, 0.25) is 0 Å². The second-order valence-electron chi connectivity index (χ2n) is 8.66. The zero-order valence-electron chi connectivity index (χ0n) is 18.1. The van der Waals surface area contributed by atoms with Crippen LogP contribution in [0.5, 0.6) is 11.5 Å². The molecule has 1 aliphatic carbocycles. The Balaban J connectivity index is 1.97. The number of amides is 1. The third-order valence-corrected chi connectivity index (χ3v) is 6.70. The van der Waals surface area contributed by atoms with E-state index in [1.54, 1.807) is 14.2 Å². The van der Waals surface area contributed by atoms with E-state index in [1.807, 2.05) is 0 Å². The van der Waals surface area contributed by atoms with Crippen molar-refractivity contribution in [2.45, 2.75) is 65.0 Å². The summed E-state index contributed by atoms with van der Waals surface area (Å²) >= 11 is 0. The molecule has 28 heavy (non-hydrogen) atoms. The molecule has 2 aliphatic rings. The molecule has 3 atom stereocenters. The van der Waals surface area contributed by atoms with Crippen molar-refractivity contribution in [2.24, 2.45) is 11.8 Å². The third-order valence-electron chi connectivity index (χ3n) is 6.70. The van der Waals surface area contributed by atoms with Crippen molar-refractivity contribution < 1.29 is 19.2 Å². The monoisotopic (exact) mass is 389 g/mol. The quantitative estimate of drug-likeness (QED) is 0.754. The molecule has 1 aliphatic heterocycles. The molecule has 1 amide bonds. The van der Waals surface area contributed by atoms with Crippen LogP contribution in [-0.4, -0.2) is 39.3 Å². The summed E-state index contributed by atoms with van der Waals surface area (Å²) in [7, 11) is 3.38. The minimum Gasteiger partial charge on any atom is -0.493 e. The van der Waals surface area contributed by atoms with Gasteiger partial charge in [-0.3, -0.25) is 4.79 Å². The smallest absolute Gasteiger partial charge is 0.223 e. The number of benzene rings is 1. The summed E-state index contributed by atoms with van der Waals surface area (Å²) in [5, 5.41) is 3.47. The molecular weight excluding hydrogens is 352 g/mol. The van der Waals surface area contributed by atoms with Crippen LogP contribution in [0.15, 0.2) is 12.1 Å². The minimum absolute atomic E-state index is 0.111. The minimum atomic E-state index is 0.111. The summed E-state index contributed by atoms with van der Waals surface area (Å²) in [6.45, 7) is 8.81. The fourth-order valence-corrected chi connectivity index (χ4v) is 5.06. The van der Waals surface area contributed by atoms with Gasteiger partial charge in [-0.25, -0.2) is 0 Å². The molecule has 0 saturated heterocycles. The average molecular weight is 390 g/mol. The first kappa shape index (κ1) is 21.0. The molecule has 0 aromatic heterocycles. The highest BCUT2D eigenvalue weighted by Crippen LogP contribution is 2.36. The highest BCUT2D eigenvalue weighted by molar-refractivity contribution is 5.79. The lowest BCUT2D eigenvalue weighted by molar-refractivity contribution is -0.934. The average Bonchev–Trinajstić information content (AvgIpc) is 3.24.